The molecule has 0 saturated carbocycles. The molecule has 156 valence electrons. The highest BCUT2D eigenvalue weighted by Crippen LogP contribution is 2.34. The average molecular weight is 454 g/mol. The number of para-hydroxylation sites is 2. The van der Waals surface area contributed by atoms with Gasteiger partial charge in [-0.15, -0.1) is 0 Å². The van der Waals surface area contributed by atoms with Crippen LogP contribution in [0.1, 0.15) is 23.7 Å². The van der Waals surface area contributed by atoms with Crippen LogP contribution in [0.5, 0.6) is 0 Å². The minimum atomic E-state index is -0.360. The van der Waals surface area contributed by atoms with Gasteiger partial charge < -0.3 is 9.47 Å². The van der Waals surface area contributed by atoms with E-state index in [2.05, 4.69) is 0 Å². The first kappa shape index (κ1) is 20.0. The van der Waals surface area contributed by atoms with Crippen LogP contribution in [0.25, 0.3) is 11.0 Å². The molecule has 0 bridgehead atoms. The molecule has 3 aromatic carbocycles. The summed E-state index contributed by atoms with van der Waals surface area (Å²) in [4.78, 5) is 19.4. The van der Waals surface area contributed by atoms with Crippen LogP contribution in [0.15, 0.2) is 66.7 Å². The van der Waals surface area contributed by atoms with Gasteiger partial charge >= 0.3 is 0 Å². The predicted molar refractivity (Wildman–Crippen MR) is 121 cm³/mol. The normalized spacial score (nSPS) is 16.4. The Morgan fingerprint density at radius 3 is 2.55 bits per heavy atom. The predicted octanol–water partition coefficient (Wildman–Crippen LogP) is 6.05. The third-order valence-electron chi connectivity index (χ3n) is 5.69. The van der Waals surface area contributed by atoms with E-state index in [1.807, 2.05) is 41.0 Å². The first-order valence-corrected chi connectivity index (χ1v) is 10.7. The second-order valence-corrected chi connectivity index (χ2v) is 8.47. The SMILES string of the molecule is O=C1CC(c2nc3ccccc3n2Cc2c(F)cccc2Cl)CN1c1ccc(Cl)cc1. The smallest absolute Gasteiger partial charge is 0.227 e. The number of halogens is 3. The lowest BCUT2D eigenvalue weighted by atomic mass is 10.1. The van der Waals surface area contributed by atoms with E-state index >= 15 is 0 Å². The van der Waals surface area contributed by atoms with Crippen LogP contribution in [-0.2, 0) is 11.3 Å². The fourth-order valence-corrected chi connectivity index (χ4v) is 4.51. The molecule has 0 aliphatic carbocycles. The fraction of sp³-hybridized carbons (Fsp3) is 0.167. The molecule has 4 aromatic rings. The fourth-order valence-electron chi connectivity index (χ4n) is 4.16. The Kier molecular flexibility index (Phi) is 5.16. The maximum Gasteiger partial charge on any atom is 0.227 e. The third kappa shape index (κ3) is 3.68. The maximum atomic E-state index is 14.5. The van der Waals surface area contributed by atoms with Crippen molar-refractivity contribution in [3.05, 3.63) is 94.0 Å². The highest BCUT2D eigenvalue weighted by atomic mass is 35.5. The molecular weight excluding hydrogens is 436 g/mol. The molecule has 7 heteroatoms. The molecule has 1 saturated heterocycles. The van der Waals surface area contributed by atoms with Crippen molar-refractivity contribution in [1.82, 2.24) is 9.55 Å². The van der Waals surface area contributed by atoms with Gasteiger partial charge in [0.05, 0.1) is 17.6 Å². The standard InChI is InChI=1S/C24H18Cl2FN3O/c25-16-8-10-17(11-9-16)29-13-15(12-23(29)31)24-28-21-6-1-2-7-22(21)30(24)14-18-19(26)4-3-5-20(18)27/h1-11,15H,12-14H2. The second kappa shape index (κ2) is 7.98. The molecule has 1 aliphatic rings. The lowest BCUT2D eigenvalue weighted by molar-refractivity contribution is -0.117. The number of hydrogen-bond acceptors (Lipinski definition) is 2. The van der Waals surface area contributed by atoms with Crippen molar-refractivity contribution in [1.29, 1.82) is 0 Å². The van der Waals surface area contributed by atoms with Crippen LogP contribution in [0.4, 0.5) is 10.1 Å². The van der Waals surface area contributed by atoms with Gasteiger partial charge in [-0.25, -0.2) is 9.37 Å². The van der Waals surface area contributed by atoms with Crippen LogP contribution in [0.3, 0.4) is 0 Å². The van der Waals surface area contributed by atoms with Crippen molar-refractivity contribution in [3.8, 4) is 0 Å². The molecule has 1 fully saturated rings. The van der Waals surface area contributed by atoms with E-state index in [1.165, 1.54) is 6.07 Å². The summed E-state index contributed by atoms with van der Waals surface area (Å²) in [6, 6.07) is 19.6. The molecule has 1 unspecified atom stereocenters. The summed E-state index contributed by atoms with van der Waals surface area (Å²) in [5.74, 6) is 0.294. The van der Waals surface area contributed by atoms with E-state index in [9.17, 15) is 9.18 Å². The van der Waals surface area contributed by atoms with Crippen LogP contribution in [-0.4, -0.2) is 22.0 Å². The van der Waals surface area contributed by atoms with Crippen molar-refractivity contribution in [2.75, 3.05) is 11.4 Å². The average Bonchev–Trinajstić information content (AvgIpc) is 3.32. The lowest BCUT2D eigenvalue weighted by Gasteiger charge is -2.18. The minimum absolute atomic E-state index is 0.0230. The number of amides is 1. The molecule has 0 spiro atoms. The van der Waals surface area contributed by atoms with E-state index < -0.39 is 0 Å². The Morgan fingerprint density at radius 1 is 1.00 bits per heavy atom. The molecule has 1 aromatic heterocycles. The van der Waals surface area contributed by atoms with Crippen molar-refractivity contribution in [2.45, 2.75) is 18.9 Å². The van der Waals surface area contributed by atoms with Gasteiger partial charge in [-0.05, 0) is 48.5 Å². The van der Waals surface area contributed by atoms with Gasteiger partial charge in [0.25, 0.3) is 0 Å². The second-order valence-electron chi connectivity index (χ2n) is 7.63. The number of hydrogen-bond donors (Lipinski definition) is 0. The molecule has 0 N–H and O–H groups in total. The quantitative estimate of drug-likeness (QED) is 0.377. The molecule has 1 amide bonds. The summed E-state index contributed by atoms with van der Waals surface area (Å²) in [6.07, 6.45) is 0.330. The number of benzene rings is 3. The van der Waals surface area contributed by atoms with E-state index in [0.717, 1.165) is 22.5 Å². The summed E-state index contributed by atoms with van der Waals surface area (Å²) < 4.78 is 16.5. The Bertz CT molecular complexity index is 1270. The van der Waals surface area contributed by atoms with E-state index in [0.29, 0.717) is 28.6 Å². The van der Waals surface area contributed by atoms with E-state index in [-0.39, 0.29) is 24.2 Å². The van der Waals surface area contributed by atoms with Crippen LogP contribution in [0, 0.1) is 5.82 Å². The van der Waals surface area contributed by atoms with Crippen molar-refractivity contribution < 1.29 is 9.18 Å². The summed E-state index contributed by atoms with van der Waals surface area (Å²) in [5.41, 5.74) is 2.90. The molecular formula is C24H18Cl2FN3O. The number of nitrogens with zero attached hydrogens (tertiary/aromatic N) is 3. The molecule has 5 rings (SSSR count). The highest BCUT2D eigenvalue weighted by molar-refractivity contribution is 6.31. The first-order chi connectivity index (χ1) is 15.0. The molecule has 4 nitrogen and oxygen atoms in total. The Labute approximate surface area is 188 Å². The van der Waals surface area contributed by atoms with Gasteiger partial charge in [0, 0.05) is 40.2 Å². The zero-order valence-electron chi connectivity index (χ0n) is 16.4. The van der Waals surface area contributed by atoms with E-state index in [4.69, 9.17) is 28.2 Å². The first-order valence-electron chi connectivity index (χ1n) is 9.95. The Balaban J connectivity index is 1.55. The van der Waals surface area contributed by atoms with Gasteiger partial charge in [0.2, 0.25) is 5.91 Å². The summed E-state index contributed by atoms with van der Waals surface area (Å²) >= 11 is 12.3. The largest absolute Gasteiger partial charge is 0.323 e. The van der Waals surface area contributed by atoms with Crippen molar-refractivity contribution in [3.63, 3.8) is 0 Å². The van der Waals surface area contributed by atoms with Crippen molar-refractivity contribution in [2.24, 2.45) is 0 Å². The number of imidazole rings is 1. The summed E-state index contributed by atoms with van der Waals surface area (Å²) in [5, 5.41) is 0.990. The third-order valence-corrected chi connectivity index (χ3v) is 6.30. The molecule has 31 heavy (non-hydrogen) atoms. The number of anilines is 1. The van der Waals surface area contributed by atoms with Crippen molar-refractivity contribution >= 4 is 45.8 Å². The van der Waals surface area contributed by atoms with E-state index in [1.54, 1.807) is 29.2 Å². The number of rotatable bonds is 4. The number of carbonyl (C=O) groups excluding carboxylic acids is 1. The Morgan fingerprint density at radius 2 is 1.77 bits per heavy atom. The van der Waals surface area contributed by atoms with Gasteiger partial charge in [-0.2, -0.15) is 0 Å². The Hall–Kier alpha value is -2.89. The highest BCUT2D eigenvalue weighted by Gasteiger charge is 2.35. The molecule has 2 heterocycles. The van der Waals surface area contributed by atoms with Gasteiger partial charge in [0.15, 0.2) is 0 Å². The monoisotopic (exact) mass is 453 g/mol. The van der Waals surface area contributed by atoms with Crippen LogP contribution >= 0.6 is 23.2 Å². The number of fused-ring (bicyclic) bond motifs is 1. The van der Waals surface area contributed by atoms with Gasteiger partial charge in [0.1, 0.15) is 11.6 Å². The van der Waals surface area contributed by atoms with Crippen LogP contribution in [0.2, 0.25) is 10.0 Å². The molecule has 1 aliphatic heterocycles. The lowest BCUT2D eigenvalue weighted by Crippen LogP contribution is -2.24. The van der Waals surface area contributed by atoms with Gasteiger partial charge in [-0.1, -0.05) is 41.4 Å². The summed E-state index contributed by atoms with van der Waals surface area (Å²) in [7, 11) is 0. The number of aromatic nitrogens is 2. The molecule has 1 atom stereocenters. The zero-order valence-corrected chi connectivity index (χ0v) is 17.9. The summed E-state index contributed by atoms with van der Waals surface area (Å²) in [6.45, 7) is 0.738. The maximum absolute atomic E-state index is 14.5. The zero-order chi connectivity index (χ0) is 21.5. The topological polar surface area (TPSA) is 38.1 Å². The van der Waals surface area contributed by atoms with Crippen LogP contribution < -0.4 is 4.90 Å². The minimum Gasteiger partial charge on any atom is -0.323 e. The molecule has 0 radical (unpaired) electrons. The number of carbonyl (C=O) groups is 1. The van der Waals surface area contributed by atoms with Gasteiger partial charge in [-0.3, -0.25) is 4.79 Å².